The maximum atomic E-state index is 12.5. The van der Waals surface area contributed by atoms with E-state index in [0.717, 1.165) is 30.5 Å². The monoisotopic (exact) mass is 426 g/mol. The number of aryl methyl sites for hydroxylation is 1. The molecular formula is C23H30N4O4. The second-order valence-electron chi connectivity index (χ2n) is 9.46. The molecule has 4 rings (SSSR count). The molecule has 3 heterocycles. The molecule has 2 aromatic rings. The van der Waals surface area contributed by atoms with E-state index in [2.05, 4.69) is 15.0 Å². The number of ether oxygens (including phenoxy) is 3. The third-order valence-corrected chi connectivity index (χ3v) is 5.80. The van der Waals surface area contributed by atoms with Crippen molar-refractivity contribution in [3.05, 3.63) is 35.9 Å². The van der Waals surface area contributed by atoms with Gasteiger partial charge in [0.2, 0.25) is 11.8 Å². The van der Waals surface area contributed by atoms with Gasteiger partial charge in [-0.2, -0.15) is 0 Å². The molecule has 0 aromatic carbocycles. The number of nitrogens with zero attached hydrogens (tertiary/aromatic N) is 4. The number of hydrogen-bond acceptors (Lipinski definition) is 7. The Labute approximate surface area is 183 Å². The Bertz CT molecular complexity index is 968. The zero-order valence-electron chi connectivity index (χ0n) is 18.8. The van der Waals surface area contributed by atoms with Gasteiger partial charge in [-0.15, -0.1) is 0 Å². The fraction of sp³-hybridized carbons (Fsp3) is 0.565. The standard InChI is InChI=1S/C23H30N4O4/c1-15-19(29-17-7-6-11-24-16(17)2)25-14-26-20(15)30-18-8-12-27(13-23(18)9-10-23)21(28)31-22(3,4)5/h6-7,11,14,18H,8-10,12-13H2,1-5H3. The molecule has 8 nitrogen and oxygen atoms in total. The van der Waals surface area contributed by atoms with E-state index < -0.39 is 5.60 Å². The fourth-order valence-electron chi connectivity index (χ4n) is 3.90. The Hall–Kier alpha value is -2.90. The zero-order chi connectivity index (χ0) is 22.2. The van der Waals surface area contributed by atoms with Gasteiger partial charge in [-0.25, -0.2) is 14.8 Å². The van der Waals surface area contributed by atoms with Gasteiger partial charge >= 0.3 is 6.09 Å². The summed E-state index contributed by atoms with van der Waals surface area (Å²) in [5.74, 6) is 1.63. The van der Waals surface area contributed by atoms with E-state index in [1.807, 2.05) is 51.7 Å². The van der Waals surface area contributed by atoms with Crippen molar-refractivity contribution >= 4 is 6.09 Å². The van der Waals surface area contributed by atoms with Crippen LogP contribution < -0.4 is 9.47 Å². The molecule has 1 spiro atoms. The molecule has 166 valence electrons. The molecule has 0 bridgehead atoms. The summed E-state index contributed by atoms with van der Waals surface area (Å²) in [6.07, 6.45) is 5.71. The number of likely N-dealkylation sites (tertiary alicyclic amines) is 1. The summed E-state index contributed by atoms with van der Waals surface area (Å²) in [5.41, 5.74) is 1.00. The third kappa shape index (κ3) is 4.73. The van der Waals surface area contributed by atoms with Crippen LogP contribution >= 0.6 is 0 Å². The SMILES string of the molecule is Cc1ncccc1Oc1ncnc(OC2CCN(C(=O)OC(C)(C)C)CC23CC3)c1C. The number of carbonyl (C=O) groups excluding carboxylic acids is 1. The average Bonchev–Trinajstić information content (AvgIpc) is 3.46. The largest absolute Gasteiger partial charge is 0.473 e. The summed E-state index contributed by atoms with van der Waals surface area (Å²) < 4.78 is 17.9. The lowest BCUT2D eigenvalue weighted by Crippen LogP contribution is -2.50. The molecule has 1 saturated carbocycles. The molecule has 31 heavy (non-hydrogen) atoms. The van der Waals surface area contributed by atoms with Gasteiger partial charge in [0.15, 0.2) is 5.75 Å². The van der Waals surface area contributed by atoms with Gasteiger partial charge in [0.1, 0.15) is 18.0 Å². The number of piperidine rings is 1. The van der Waals surface area contributed by atoms with Crippen LogP contribution in [0.3, 0.4) is 0 Å². The maximum Gasteiger partial charge on any atom is 0.410 e. The molecule has 1 aliphatic heterocycles. The maximum absolute atomic E-state index is 12.5. The van der Waals surface area contributed by atoms with Crippen LogP contribution in [0, 0.1) is 19.3 Å². The Morgan fingerprint density at radius 2 is 1.90 bits per heavy atom. The van der Waals surface area contributed by atoms with E-state index in [1.165, 1.54) is 6.33 Å². The predicted molar refractivity (Wildman–Crippen MR) is 114 cm³/mol. The first-order chi connectivity index (χ1) is 14.7. The first-order valence-electron chi connectivity index (χ1n) is 10.7. The quantitative estimate of drug-likeness (QED) is 0.714. The third-order valence-electron chi connectivity index (χ3n) is 5.80. The van der Waals surface area contributed by atoms with Crippen LogP contribution in [0.4, 0.5) is 4.79 Å². The highest BCUT2D eigenvalue weighted by Gasteiger charge is 2.55. The highest BCUT2D eigenvalue weighted by Crippen LogP contribution is 2.53. The predicted octanol–water partition coefficient (Wildman–Crippen LogP) is 4.45. The highest BCUT2D eigenvalue weighted by molar-refractivity contribution is 5.68. The summed E-state index contributed by atoms with van der Waals surface area (Å²) in [7, 11) is 0. The van der Waals surface area contributed by atoms with Crippen molar-refractivity contribution in [1.29, 1.82) is 0 Å². The second kappa shape index (κ2) is 7.98. The van der Waals surface area contributed by atoms with Crippen molar-refractivity contribution in [3.8, 4) is 17.5 Å². The molecule has 0 radical (unpaired) electrons. The van der Waals surface area contributed by atoms with Crippen molar-refractivity contribution in [2.45, 2.75) is 65.6 Å². The summed E-state index contributed by atoms with van der Waals surface area (Å²) in [6.45, 7) is 10.7. The van der Waals surface area contributed by atoms with Crippen molar-refractivity contribution in [2.24, 2.45) is 5.41 Å². The molecule has 2 fully saturated rings. The van der Waals surface area contributed by atoms with E-state index >= 15 is 0 Å². The minimum Gasteiger partial charge on any atom is -0.473 e. The lowest BCUT2D eigenvalue weighted by molar-refractivity contribution is -0.00975. The Kier molecular flexibility index (Phi) is 5.49. The lowest BCUT2D eigenvalue weighted by atomic mass is 9.91. The van der Waals surface area contributed by atoms with Crippen LogP contribution in [-0.2, 0) is 4.74 Å². The average molecular weight is 427 g/mol. The minimum atomic E-state index is -0.498. The molecule has 1 amide bonds. The van der Waals surface area contributed by atoms with Crippen LogP contribution in [0.15, 0.2) is 24.7 Å². The normalized spacial score (nSPS) is 19.8. The Morgan fingerprint density at radius 3 is 2.58 bits per heavy atom. The van der Waals surface area contributed by atoms with Crippen LogP contribution in [0.5, 0.6) is 17.5 Å². The number of aromatic nitrogens is 3. The number of amides is 1. The summed E-state index contributed by atoms with van der Waals surface area (Å²) >= 11 is 0. The molecular weight excluding hydrogens is 396 g/mol. The summed E-state index contributed by atoms with van der Waals surface area (Å²) in [6, 6.07) is 3.68. The molecule has 2 aromatic heterocycles. The van der Waals surface area contributed by atoms with Crippen LogP contribution in [-0.4, -0.2) is 50.7 Å². The van der Waals surface area contributed by atoms with Gasteiger partial charge in [0.05, 0.1) is 11.3 Å². The minimum absolute atomic E-state index is 0.00670. The molecule has 0 N–H and O–H groups in total. The van der Waals surface area contributed by atoms with Crippen LogP contribution in [0.1, 0.15) is 51.3 Å². The smallest absolute Gasteiger partial charge is 0.410 e. The molecule has 1 saturated heterocycles. The number of pyridine rings is 1. The second-order valence-corrected chi connectivity index (χ2v) is 9.46. The van der Waals surface area contributed by atoms with Gasteiger partial charge in [0.25, 0.3) is 0 Å². The molecule has 1 atom stereocenters. The topological polar surface area (TPSA) is 86.7 Å². The number of hydrogen-bond donors (Lipinski definition) is 0. The van der Waals surface area contributed by atoms with Gasteiger partial charge < -0.3 is 19.1 Å². The first-order valence-corrected chi connectivity index (χ1v) is 10.7. The van der Waals surface area contributed by atoms with E-state index in [0.29, 0.717) is 30.6 Å². The van der Waals surface area contributed by atoms with E-state index in [1.54, 1.807) is 6.20 Å². The van der Waals surface area contributed by atoms with E-state index in [-0.39, 0.29) is 17.6 Å². The molecule has 8 heteroatoms. The fourth-order valence-corrected chi connectivity index (χ4v) is 3.90. The molecule has 1 unspecified atom stereocenters. The first kappa shape index (κ1) is 21.3. The van der Waals surface area contributed by atoms with E-state index in [4.69, 9.17) is 14.2 Å². The number of carbonyl (C=O) groups is 1. The summed E-state index contributed by atoms with van der Waals surface area (Å²) in [4.78, 5) is 27.2. The van der Waals surface area contributed by atoms with Gasteiger partial charge in [-0.05, 0) is 59.6 Å². The zero-order valence-corrected chi connectivity index (χ0v) is 18.8. The summed E-state index contributed by atoms with van der Waals surface area (Å²) in [5, 5.41) is 0. The highest BCUT2D eigenvalue weighted by atomic mass is 16.6. The number of rotatable bonds is 4. The Morgan fingerprint density at radius 1 is 1.16 bits per heavy atom. The van der Waals surface area contributed by atoms with Gasteiger partial charge in [-0.1, -0.05) is 0 Å². The molecule has 2 aliphatic rings. The van der Waals surface area contributed by atoms with Crippen LogP contribution in [0.2, 0.25) is 0 Å². The van der Waals surface area contributed by atoms with Crippen molar-refractivity contribution in [1.82, 2.24) is 19.9 Å². The Balaban J connectivity index is 1.46. The van der Waals surface area contributed by atoms with Gasteiger partial charge in [-0.3, -0.25) is 4.98 Å². The molecule has 1 aliphatic carbocycles. The van der Waals surface area contributed by atoms with Gasteiger partial charge in [0, 0.05) is 31.1 Å². The van der Waals surface area contributed by atoms with Crippen molar-refractivity contribution in [2.75, 3.05) is 13.1 Å². The van der Waals surface area contributed by atoms with Crippen molar-refractivity contribution < 1.29 is 19.0 Å². The van der Waals surface area contributed by atoms with Crippen LogP contribution in [0.25, 0.3) is 0 Å². The lowest BCUT2D eigenvalue weighted by Gasteiger charge is -2.39. The van der Waals surface area contributed by atoms with Crippen molar-refractivity contribution in [3.63, 3.8) is 0 Å². The van der Waals surface area contributed by atoms with E-state index in [9.17, 15) is 4.79 Å².